The van der Waals surface area contributed by atoms with Crippen LogP contribution in [0.5, 0.6) is 0 Å². The number of likely N-dealkylation sites (tertiary alicyclic amines) is 1. The molecule has 1 N–H and O–H groups in total. The first kappa shape index (κ1) is 18.5. The molecule has 0 bridgehead atoms. The molecule has 0 aliphatic carbocycles. The summed E-state index contributed by atoms with van der Waals surface area (Å²) in [5.41, 5.74) is 2.44. The van der Waals surface area contributed by atoms with Gasteiger partial charge in [0.1, 0.15) is 0 Å². The predicted octanol–water partition coefficient (Wildman–Crippen LogP) is 3.78. The number of hydrogen-bond donors (Lipinski definition) is 1. The molecule has 4 rings (SSSR count). The average molecular weight is 378 g/mol. The fourth-order valence-electron chi connectivity index (χ4n) is 4.38. The summed E-state index contributed by atoms with van der Waals surface area (Å²) in [6, 6.07) is 14.8. The quantitative estimate of drug-likeness (QED) is 0.822. The van der Waals surface area contributed by atoms with Crippen molar-refractivity contribution in [1.82, 2.24) is 9.80 Å². The Kier molecular flexibility index (Phi) is 4.81. The Bertz CT molecular complexity index is 913. The highest BCUT2D eigenvalue weighted by Crippen LogP contribution is 2.39. The summed E-state index contributed by atoms with van der Waals surface area (Å²) in [5, 5.41) is 2.94. The van der Waals surface area contributed by atoms with Gasteiger partial charge in [-0.2, -0.15) is 0 Å². The molecule has 1 fully saturated rings. The Hall–Kier alpha value is -2.86. The average Bonchev–Trinajstić information content (AvgIpc) is 2.81. The van der Waals surface area contributed by atoms with E-state index in [9.17, 15) is 9.59 Å². The van der Waals surface area contributed by atoms with Crippen LogP contribution in [-0.2, 0) is 0 Å². The van der Waals surface area contributed by atoms with E-state index in [1.165, 1.54) is 0 Å². The van der Waals surface area contributed by atoms with E-state index in [4.69, 9.17) is 0 Å². The third-order valence-corrected chi connectivity index (χ3v) is 5.84. The van der Waals surface area contributed by atoms with Crippen LogP contribution in [0, 0.1) is 5.92 Å². The Morgan fingerprint density at radius 1 is 1.11 bits per heavy atom. The summed E-state index contributed by atoms with van der Waals surface area (Å²) in [6.07, 6.45) is 0.939. The molecule has 2 aliphatic heterocycles. The second kappa shape index (κ2) is 7.28. The van der Waals surface area contributed by atoms with Crippen molar-refractivity contribution in [3.63, 3.8) is 0 Å². The normalized spacial score (nSPS) is 22.0. The van der Waals surface area contributed by atoms with E-state index in [1.54, 1.807) is 11.0 Å². The molecular formula is C22H26N4O2. The number of piperidine rings is 1. The smallest absolute Gasteiger partial charge is 0.324 e. The second-order valence-corrected chi connectivity index (χ2v) is 7.81. The first-order valence-corrected chi connectivity index (χ1v) is 9.72. The van der Waals surface area contributed by atoms with E-state index in [0.29, 0.717) is 28.5 Å². The molecule has 3 amide bonds. The van der Waals surface area contributed by atoms with Crippen LogP contribution in [0.15, 0.2) is 48.5 Å². The number of benzene rings is 2. The van der Waals surface area contributed by atoms with Crippen LogP contribution in [-0.4, -0.2) is 55.0 Å². The summed E-state index contributed by atoms with van der Waals surface area (Å²) in [6.45, 7) is 4.13. The van der Waals surface area contributed by atoms with Crippen LogP contribution in [0.1, 0.15) is 23.7 Å². The molecular weight excluding hydrogens is 352 g/mol. The number of carbonyl (C=O) groups excluding carboxylic acids is 2. The van der Waals surface area contributed by atoms with Gasteiger partial charge in [0.2, 0.25) is 0 Å². The molecule has 6 nitrogen and oxygen atoms in total. The molecule has 6 heteroatoms. The molecule has 2 aliphatic rings. The van der Waals surface area contributed by atoms with Crippen LogP contribution in [0.4, 0.5) is 21.9 Å². The topological polar surface area (TPSA) is 55.9 Å². The van der Waals surface area contributed by atoms with Crippen molar-refractivity contribution in [3.8, 4) is 0 Å². The molecule has 0 spiro atoms. The van der Waals surface area contributed by atoms with E-state index < -0.39 is 0 Å². The summed E-state index contributed by atoms with van der Waals surface area (Å²) in [5.74, 6) is 0.179. The highest BCUT2D eigenvalue weighted by Gasteiger charge is 2.35. The maximum Gasteiger partial charge on any atom is 0.329 e. The number of carbonyl (C=O) groups is 2. The standard InChI is InChI=1S/C22H26N4O2/c1-15-14-24(2)13-12-18(15)25(3)22(28)26-19-10-6-4-8-16(19)21(27)23-17-9-5-7-11-20(17)26/h4-11,15,18H,12-14H2,1-3H3,(H,23,27)/t15-,18-/m1/s1. The zero-order valence-electron chi connectivity index (χ0n) is 16.6. The number of fused-ring (bicyclic) bond motifs is 2. The van der Waals surface area contributed by atoms with Gasteiger partial charge in [0.15, 0.2) is 0 Å². The lowest BCUT2D eigenvalue weighted by Gasteiger charge is -2.41. The zero-order valence-corrected chi connectivity index (χ0v) is 16.6. The van der Waals surface area contributed by atoms with Crippen LogP contribution >= 0.6 is 0 Å². The van der Waals surface area contributed by atoms with E-state index in [0.717, 1.165) is 19.5 Å². The van der Waals surface area contributed by atoms with Crippen molar-refractivity contribution in [2.75, 3.05) is 37.4 Å². The molecule has 0 aromatic heterocycles. The van der Waals surface area contributed by atoms with Crippen LogP contribution in [0.2, 0.25) is 0 Å². The monoisotopic (exact) mass is 378 g/mol. The van der Waals surface area contributed by atoms with Crippen molar-refractivity contribution in [2.24, 2.45) is 5.92 Å². The van der Waals surface area contributed by atoms with Gasteiger partial charge >= 0.3 is 6.03 Å². The lowest BCUT2D eigenvalue weighted by molar-refractivity contribution is 0.102. The van der Waals surface area contributed by atoms with Gasteiger partial charge in [-0.25, -0.2) is 4.79 Å². The Morgan fingerprint density at radius 2 is 1.79 bits per heavy atom. The summed E-state index contributed by atoms with van der Waals surface area (Å²) in [4.78, 5) is 32.3. The highest BCUT2D eigenvalue weighted by atomic mass is 16.2. The summed E-state index contributed by atoms with van der Waals surface area (Å²) >= 11 is 0. The highest BCUT2D eigenvalue weighted by molar-refractivity contribution is 6.17. The van der Waals surface area contributed by atoms with Gasteiger partial charge in [0.25, 0.3) is 5.91 Å². The van der Waals surface area contributed by atoms with Crippen molar-refractivity contribution < 1.29 is 9.59 Å². The van der Waals surface area contributed by atoms with Crippen molar-refractivity contribution in [1.29, 1.82) is 0 Å². The van der Waals surface area contributed by atoms with Gasteiger partial charge in [0.05, 0.1) is 22.6 Å². The lowest BCUT2D eigenvalue weighted by atomic mass is 9.93. The van der Waals surface area contributed by atoms with Crippen LogP contribution < -0.4 is 10.2 Å². The van der Waals surface area contributed by atoms with Gasteiger partial charge in [0, 0.05) is 19.6 Å². The van der Waals surface area contributed by atoms with Gasteiger partial charge in [-0.05, 0) is 50.2 Å². The summed E-state index contributed by atoms with van der Waals surface area (Å²) in [7, 11) is 3.99. The molecule has 0 saturated carbocycles. The van der Waals surface area contributed by atoms with Crippen molar-refractivity contribution in [2.45, 2.75) is 19.4 Å². The van der Waals surface area contributed by atoms with Gasteiger partial charge in [-0.3, -0.25) is 9.69 Å². The Morgan fingerprint density at radius 3 is 2.54 bits per heavy atom. The first-order valence-electron chi connectivity index (χ1n) is 9.72. The third-order valence-electron chi connectivity index (χ3n) is 5.84. The first-order chi connectivity index (χ1) is 13.5. The minimum absolute atomic E-state index is 0.113. The minimum Gasteiger partial charge on any atom is -0.324 e. The lowest BCUT2D eigenvalue weighted by Crippen LogP contribution is -2.52. The van der Waals surface area contributed by atoms with E-state index in [2.05, 4.69) is 24.2 Å². The largest absolute Gasteiger partial charge is 0.329 e. The molecule has 0 radical (unpaired) electrons. The number of nitrogens with zero attached hydrogens (tertiary/aromatic N) is 3. The predicted molar refractivity (Wildman–Crippen MR) is 111 cm³/mol. The van der Waals surface area contributed by atoms with Crippen molar-refractivity contribution >= 4 is 29.0 Å². The van der Waals surface area contributed by atoms with Gasteiger partial charge < -0.3 is 15.1 Å². The molecule has 2 atom stereocenters. The zero-order chi connectivity index (χ0) is 19.8. The number of nitrogens with one attached hydrogen (secondary N) is 1. The molecule has 2 aromatic rings. The molecule has 2 aromatic carbocycles. The van der Waals surface area contributed by atoms with E-state index in [-0.39, 0.29) is 18.0 Å². The SMILES string of the molecule is C[C@@H]1CN(C)CC[C@H]1N(C)C(=O)N1c2ccccc2NC(=O)c2ccccc21. The van der Waals surface area contributed by atoms with E-state index >= 15 is 0 Å². The van der Waals surface area contributed by atoms with Gasteiger partial charge in [-0.15, -0.1) is 0 Å². The third kappa shape index (κ3) is 3.14. The number of rotatable bonds is 1. The summed E-state index contributed by atoms with van der Waals surface area (Å²) < 4.78 is 0. The number of urea groups is 1. The number of hydrogen-bond acceptors (Lipinski definition) is 3. The van der Waals surface area contributed by atoms with Crippen LogP contribution in [0.3, 0.4) is 0 Å². The second-order valence-electron chi connectivity index (χ2n) is 7.81. The molecule has 146 valence electrons. The maximum absolute atomic E-state index is 13.7. The number of para-hydroxylation sites is 3. The van der Waals surface area contributed by atoms with E-state index in [1.807, 2.05) is 54.4 Å². The number of anilines is 3. The maximum atomic E-state index is 13.7. The molecule has 1 saturated heterocycles. The Labute approximate surface area is 165 Å². The Balaban J connectivity index is 1.77. The minimum atomic E-state index is -0.200. The van der Waals surface area contributed by atoms with Gasteiger partial charge in [-0.1, -0.05) is 31.2 Å². The molecule has 28 heavy (non-hydrogen) atoms. The number of amides is 3. The molecule has 2 heterocycles. The van der Waals surface area contributed by atoms with Crippen molar-refractivity contribution in [3.05, 3.63) is 54.1 Å². The fourth-order valence-corrected chi connectivity index (χ4v) is 4.38. The molecule has 0 unspecified atom stereocenters. The van der Waals surface area contributed by atoms with Crippen LogP contribution in [0.25, 0.3) is 0 Å². The fraction of sp³-hybridized carbons (Fsp3) is 0.364.